The SMILES string of the molecule is NC1CCC(C(=O)Nc2ccc(OC(F)F)c(F)c2)CC1. The second-order valence-electron chi connectivity index (χ2n) is 5.12. The fourth-order valence-electron chi connectivity index (χ4n) is 2.40. The number of halogens is 3. The Balaban J connectivity index is 1.96. The van der Waals surface area contributed by atoms with E-state index in [1.807, 2.05) is 0 Å². The highest BCUT2D eigenvalue weighted by atomic mass is 19.3. The van der Waals surface area contributed by atoms with Gasteiger partial charge in [-0.2, -0.15) is 8.78 Å². The summed E-state index contributed by atoms with van der Waals surface area (Å²) in [5.41, 5.74) is 5.99. The van der Waals surface area contributed by atoms with Gasteiger partial charge in [0.05, 0.1) is 0 Å². The van der Waals surface area contributed by atoms with E-state index in [1.165, 1.54) is 6.07 Å². The van der Waals surface area contributed by atoms with Gasteiger partial charge in [0.1, 0.15) is 0 Å². The van der Waals surface area contributed by atoms with E-state index in [9.17, 15) is 18.0 Å². The van der Waals surface area contributed by atoms with Gasteiger partial charge >= 0.3 is 6.61 Å². The van der Waals surface area contributed by atoms with Crippen LogP contribution in [-0.4, -0.2) is 18.6 Å². The van der Waals surface area contributed by atoms with Crippen LogP contribution in [0.2, 0.25) is 0 Å². The number of carbonyl (C=O) groups is 1. The average molecular weight is 302 g/mol. The van der Waals surface area contributed by atoms with Crippen LogP contribution in [0.3, 0.4) is 0 Å². The van der Waals surface area contributed by atoms with Gasteiger partial charge in [0.2, 0.25) is 5.91 Å². The summed E-state index contributed by atoms with van der Waals surface area (Å²) in [5, 5.41) is 2.59. The van der Waals surface area contributed by atoms with Crippen molar-refractivity contribution in [1.29, 1.82) is 0 Å². The molecule has 0 radical (unpaired) electrons. The van der Waals surface area contributed by atoms with Crippen LogP contribution in [0.5, 0.6) is 5.75 Å². The fourth-order valence-corrected chi connectivity index (χ4v) is 2.40. The fraction of sp³-hybridized carbons (Fsp3) is 0.500. The smallest absolute Gasteiger partial charge is 0.387 e. The summed E-state index contributed by atoms with van der Waals surface area (Å²) in [6.45, 7) is -3.09. The van der Waals surface area contributed by atoms with Gasteiger partial charge in [0.15, 0.2) is 11.6 Å². The van der Waals surface area contributed by atoms with Gasteiger partial charge < -0.3 is 15.8 Å². The zero-order valence-corrected chi connectivity index (χ0v) is 11.3. The van der Waals surface area contributed by atoms with Gasteiger partial charge in [-0.25, -0.2) is 4.39 Å². The number of carbonyl (C=O) groups excluding carboxylic acids is 1. The number of ether oxygens (including phenoxy) is 1. The van der Waals surface area contributed by atoms with Gasteiger partial charge in [0, 0.05) is 23.7 Å². The summed E-state index contributed by atoms with van der Waals surface area (Å²) in [4.78, 5) is 12.0. The maximum absolute atomic E-state index is 13.5. The van der Waals surface area contributed by atoms with Crippen molar-refractivity contribution in [2.75, 3.05) is 5.32 Å². The molecule has 21 heavy (non-hydrogen) atoms. The van der Waals surface area contributed by atoms with Gasteiger partial charge in [-0.15, -0.1) is 0 Å². The van der Waals surface area contributed by atoms with Gasteiger partial charge in [-0.1, -0.05) is 0 Å². The first kappa shape index (κ1) is 15.6. The third-order valence-electron chi connectivity index (χ3n) is 3.56. The number of benzene rings is 1. The Morgan fingerprint density at radius 2 is 1.95 bits per heavy atom. The summed E-state index contributed by atoms with van der Waals surface area (Å²) in [6, 6.07) is 3.49. The molecular weight excluding hydrogens is 285 g/mol. The molecule has 1 saturated carbocycles. The lowest BCUT2D eigenvalue weighted by Gasteiger charge is -2.25. The molecule has 0 heterocycles. The first-order chi connectivity index (χ1) is 9.95. The summed E-state index contributed by atoms with van der Waals surface area (Å²) >= 11 is 0. The van der Waals surface area contributed by atoms with Crippen molar-refractivity contribution in [1.82, 2.24) is 0 Å². The molecule has 4 nitrogen and oxygen atoms in total. The molecule has 0 bridgehead atoms. The minimum atomic E-state index is -3.09. The van der Waals surface area contributed by atoms with E-state index < -0.39 is 18.2 Å². The standard InChI is InChI=1S/C14H17F3N2O2/c15-11-7-10(5-6-12(11)21-14(16)17)19-13(20)8-1-3-9(18)4-2-8/h5-9,14H,1-4,18H2,(H,19,20). The molecule has 0 spiro atoms. The van der Waals surface area contributed by atoms with Crippen LogP contribution in [0, 0.1) is 11.7 Å². The third-order valence-corrected chi connectivity index (χ3v) is 3.56. The highest BCUT2D eigenvalue weighted by Gasteiger charge is 2.24. The summed E-state index contributed by atoms with van der Waals surface area (Å²) in [7, 11) is 0. The van der Waals surface area contributed by atoms with E-state index >= 15 is 0 Å². The van der Waals surface area contributed by atoms with E-state index in [4.69, 9.17) is 5.73 Å². The molecule has 0 unspecified atom stereocenters. The molecule has 0 aromatic heterocycles. The highest BCUT2D eigenvalue weighted by molar-refractivity contribution is 5.92. The summed E-state index contributed by atoms with van der Waals surface area (Å²) in [5.74, 6) is -1.85. The second-order valence-corrected chi connectivity index (χ2v) is 5.12. The number of nitrogens with one attached hydrogen (secondary N) is 1. The van der Waals surface area contributed by atoms with Gasteiger partial charge in [0.25, 0.3) is 0 Å². The molecule has 1 aliphatic carbocycles. The van der Waals surface area contributed by atoms with Crippen LogP contribution in [0.1, 0.15) is 25.7 Å². The van der Waals surface area contributed by atoms with E-state index in [-0.39, 0.29) is 23.6 Å². The Morgan fingerprint density at radius 3 is 2.52 bits per heavy atom. The number of rotatable bonds is 4. The third kappa shape index (κ3) is 4.35. The minimum Gasteiger partial charge on any atom is -0.432 e. The van der Waals surface area contributed by atoms with Crippen molar-refractivity contribution in [2.45, 2.75) is 38.3 Å². The van der Waals surface area contributed by atoms with E-state index in [0.717, 1.165) is 25.0 Å². The Kier molecular flexibility index (Phi) is 5.06. The molecule has 1 fully saturated rings. The molecule has 0 atom stereocenters. The summed E-state index contributed by atoms with van der Waals surface area (Å²) in [6.07, 6.45) is 2.96. The molecule has 2 rings (SSSR count). The molecule has 0 saturated heterocycles. The van der Waals surface area contributed by atoms with Crippen molar-refractivity contribution in [3.05, 3.63) is 24.0 Å². The predicted octanol–water partition coefficient (Wildman–Crippen LogP) is 2.88. The Bertz CT molecular complexity index is 503. The Morgan fingerprint density at radius 1 is 1.29 bits per heavy atom. The molecule has 1 aromatic carbocycles. The van der Waals surface area contributed by atoms with Crippen LogP contribution in [0.15, 0.2) is 18.2 Å². The van der Waals surface area contributed by atoms with Crippen molar-refractivity contribution in [2.24, 2.45) is 11.7 Å². The first-order valence-electron chi connectivity index (χ1n) is 6.76. The quantitative estimate of drug-likeness (QED) is 0.899. The number of hydrogen-bond acceptors (Lipinski definition) is 3. The molecule has 116 valence electrons. The van der Waals surface area contributed by atoms with Crippen molar-refractivity contribution >= 4 is 11.6 Å². The monoisotopic (exact) mass is 302 g/mol. The lowest BCUT2D eigenvalue weighted by atomic mass is 9.86. The van der Waals surface area contributed by atoms with Gasteiger partial charge in [-0.05, 0) is 37.8 Å². The second kappa shape index (κ2) is 6.80. The minimum absolute atomic E-state index is 0.136. The van der Waals surface area contributed by atoms with E-state index in [1.54, 1.807) is 0 Å². The van der Waals surface area contributed by atoms with E-state index in [0.29, 0.717) is 12.8 Å². The molecular formula is C14H17F3N2O2. The zero-order chi connectivity index (χ0) is 15.4. The van der Waals surface area contributed by atoms with Crippen LogP contribution in [-0.2, 0) is 4.79 Å². The molecule has 1 aromatic rings. The van der Waals surface area contributed by atoms with Gasteiger partial charge in [-0.3, -0.25) is 4.79 Å². The van der Waals surface area contributed by atoms with E-state index in [2.05, 4.69) is 10.1 Å². The van der Waals surface area contributed by atoms with Crippen LogP contribution >= 0.6 is 0 Å². The molecule has 1 amide bonds. The molecule has 0 aliphatic heterocycles. The Hall–Kier alpha value is -1.76. The number of alkyl halides is 2. The van der Waals surface area contributed by atoms with Crippen molar-refractivity contribution in [3.8, 4) is 5.75 Å². The topological polar surface area (TPSA) is 64.4 Å². The average Bonchev–Trinajstić information content (AvgIpc) is 2.42. The normalized spacial score (nSPS) is 22.1. The highest BCUT2D eigenvalue weighted by Crippen LogP contribution is 2.26. The number of hydrogen-bond donors (Lipinski definition) is 2. The number of nitrogens with two attached hydrogens (primary N) is 1. The zero-order valence-electron chi connectivity index (χ0n) is 11.3. The van der Waals surface area contributed by atoms with Crippen LogP contribution in [0.25, 0.3) is 0 Å². The Labute approximate surface area is 120 Å². The largest absolute Gasteiger partial charge is 0.432 e. The lowest BCUT2D eigenvalue weighted by molar-refractivity contribution is -0.120. The number of anilines is 1. The maximum Gasteiger partial charge on any atom is 0.387 e. The lowest BCUT2D eigenvalue weighted by Crippen LogP contribution is -2.32. The molecule has 3 N–H and O–H groups in total. The molecule has 1 aliphatic rings. The van der Waals surface area contributed by atoms with Crippen LogP contribution in [0.4, 0.5) is 18.9 Å². The van der Waals surface area contributed by atoms with Crippen molar-refractivity contribution in [3.63, 3.8) is 0 Å². The van der Waals surface area contributed by atoms with Crippen molar-refractivity contribution < 1.29 is 22.7 Å². The number of amides is 1. The maximum atomic E-state index is 13.5. The predicted molar refractivity (Wildman–Crippen MR) is 71.6 cm³/mol. The summed E-state index contributed by atoms with van der Waals surface area (Å²) < 4.78 is 41.6. The first-order valence-corrected chi connectivity index (χ1v) is 6.76. The van der Waals surface area contributed by atoms with Crippen LogP contribution < -0.4 is 15.8 Å². The molecule has 7 heteroatoms.